The molecule has 1 aliphatic carbocycles. The van der Waals surface area contributed by atoms with Crippen molar-refractivity contribution in [1.29, 1.82) is 0 Å². The molecule has 0 aliphatic heterocycles. The van der Waals surface area contributed by atoms with Crippen molar-refractivity contribution in [3.8, 4) is 0 Å². The highest BCUT2D eigenvalue weighted by Crippen LogP contribution is 2.45. The molecule has 1 atom stereocenters. The van der Waals surface area contributed by atoms with Crippen molar-refractivity contribution in [3.63, 3.8) is 0 Å². The highest BCUT2D eigenvalue weighted by molar-refractivity contribution is 5.17. The molecule has 0 radical (unpaired) electrons. The number of hydrogen-bond acceptors (Lipinski definition) is 2. The molecule has 2 rings (SSSR count). The molecular formula is C13H22N2O. The van der Waals surface area contributed by atoms with E-state index in [9.17, 15) is 5.11 Å². The molecule has 1 aromatic rings. The molecule has 0 aromatic carbocycles. The lowest BCUT2D eigenvalue weighted by Crippen LogP contribution is -2.36. The van der Waals surface area contributed by atoms with Gasteiger partial charge >= 0.3 is 0 Å². The van der Waals surface area contributed by atoms with E-state index >= 15 is 0 Å². The van der Waals surface area contributed by atoms with Gasteiger partial charge in [0.25, 0.3) is 0 Å². The van der Waals surface area contributed by atoms with Crippen LogP contribution >= 0.6 is 0 Å². The number of nitrogens with zero attached hydrogens (tertiary/aromatic N) is 2. The molecule has 1 fully saturated rings. The maximum Gasteiger partial charge on any atom is 0.0932 e. The second-order valence-electron chi connectivity index (χ2n) is 5.81. The molecule has 3 heteroatoms. The summed E-state index contributed by atoms with van der Waals surface area (Å²) in [6, 6.07) is 0. The van der Waals surface area contributed by atoms with Gasteiger partial charge in [-0.25, -0.2) is 0 Å². The SMILES string of the molecule is CCn1cc(C2(O)CCCC(C)(C)C2)cn1. The van der Waals surface area contributed by atoms with Crippen LogP contribution in [0.5, 0.6) is 0 Å². The summed E-state index contributed by atoms with van der Waals surface area (Å²) in [6.07, 6.45) is 7.82. The number of aryl methyl sites for hydroxylation is 1. The van der Waals surface area contributed by atoms with E-state index in [1.807, 2.05) is 17.1 Å². The van der Waals surface area contributed by atoms with Crippen LogP contribution in [-0.2, 0) is 12.1 Å². The Hall–Kier alpha value is -0.830. The van der Waals surface area contributed by atoms with Crippen LogP contribution in [0.3, 0.4) is 0 Å². The van der Waals surface area contributed by atoms with Crippen LogP contribution in [0.1, 0.15) is 52.0 Å². The van der Waals surface area contributed by atoms with E-state index in [1.165, 1.54) is 6.42 Å². The van der Waals surface area contributed by atoms with Gasteiger partial charge in [0.2, 0.25) is 0 Å². The van der Waals surface area contributed by atoms with Crippen LogP contribution in [-0.4, -0.2) is 14.9 Å². The second-order valence-corrected chi connectivity index (χ2v) is 5.81. The molecular weight excluding hydrogens is 200 g/mol. The van der Waals surface area contributed by atoms with Gasteiger partial charge in [0, 0.05) is 18.3 Å². The predicted octanol–water partition coefficient (Wildman–Crippen LogP) is 2.69. The summed E-state index contributed by atoms with van der Waals surface area (Å²) in [5.74, 6) is 0. The van der Waals surface area contributed by atoms with Crippen LogP contribution in [0.25, 0.3) is 0 Å². The van der Waals surface area contributed by atoms with Gasteiger partial charge in [0.1, 0.15) is 0 Å². The van der Waals surface area contributed by atoms with Crippen LogP contribution < -0.4 is 0 Å². The number of hydrogen-bond donors (Lipinski definition) is 1. The average Bonchev–Trinajstić information content (AvgIpc) is 2.64. The highest BCUT2D eigenvalue weighted by atomic mass is 16.3. The van der Waals surface area contributed by atoms with Gasteiger partial charge in [-0.2, -0.15) is 5.10 Å². The van der Waals surface area contributed by atoms with Gasteiger partial charge in [0.15, 0.2) is 0 Å². The van der Waals surface area contributed by atoms with Crippen molar-refractivity contribution in [3.05, 3.63) is 18.0 Å². The zero-order valence-electron chi connectivity index (χ0n) is 10.5. The molecule has 0 spiro atoms. The summed E-state index contributed by atoms with van der Waals surface area (Å²) in [5.41, 5.74) is 0.568. The number of rotatable bonds is 2. The minimum atomic E-state index is -0.658. The maximum atomic E-state index is 10.7. The van der Waals surface area contributed by atoms with Crippen molar-refractivity contribution >= 4 is 0 Å². The first-order valence-corrected chi connectivity index (χ1v) is 6.20. The Morgan fingerprint density at radius 3 is 2.75 bits per heavy atom. The quantitative estimate of drug-likeness (QED) is 0.835. The molecule has 0 amide bonds. The van der Waals surface area contributed by atoms with Gasteiger partial charge < -0.3 is 5.11 Å². The average molecular weight is 222 g/mol. The van der Waals surface area contributed by atoms with E-state index in [1.54, 1.807) is 0 Å². The molecule has 0 saturated heterocycles. The summed E-state index contributed by atoms with van der Waals surface area (Å²) in [6.45, 7) is 7.40. The largest absolute Gasteiger partial charge is 0.385 e. The van der Waals surface area contributed by atoms with E-state index in [-0.39, 0.29) is 5.41 Å². The first-order valence-electron chi connectivity index (χ1n) is 6.20. The van der Waals surface area contributed by atoms with Crippen molar-refractivity contribution < 1.29 is 5.11 Å². The van der Waals surface area contributed by atoms with E-state index < -0.39 is 5.60 Å². The minimum Gasteiger partial charge on any atom is -0.385 e. The van der Waals surface area contributed by atoms with E-state index in [4.69, 9.17) is 0 Å². The van der Waals surface area contributed by atoms with E-state index in [2.05, 4.69) is 25.9 Å². The smallest absolute Gasteiger partial charge is 0.0932 e. The van der Waals surface area contributed by atoms with Crippen molar-refractivity contribution in [2.24, 2.45) is 5.41 Å². The molecule has 1 aromatic heterocycles. The zero-order chi connectivity index (χ0) is 11.8. The summed E-state index contributed by atoms with van der Waals surface area (Å²) < 4.78 is 1.88. The lowest BCUT2D eigenvalue weighted by molar-refractivity contribution is -0.0441. The second kappa shape index (κ2) is 3.88. The van der Waals surface area contributed by atoms with Crippen molar-refractivity contribution in [1.82, 2.24) is 9.78 Å². The standard InChI is InChI=1S/C13H22N2O/c1-4-15-9-11(8-14-15)13(16)7-5-6-12(2,3)10-13/h8-9,16H,4-7,10H2,1-3H3. The molecule has 1 N–H and O–H groups in total. The van der Waals surface area contributed by atoms with E-state index in [0.717, 1.165) is 31.4 Å². The molecule has 0 bridgehead atoms. The Bertz CT molecular complexity index is 370. The predicted molar refractivity (Wildman–Crippen MR) is 64.0 cm³/mol. The zero-order valence-corrected chi connectivity index (χ0v) is 10.5. The summed E-state index contributed by atoms with van der Waals surface area (Å²) in [7, 11) is 0. The Labute approximate surface area is 97.5 Å². The number of aromatic nitrogens is 2. The molecule has 1 saturated carbocycles. The fraction of sp³-hybridized carbons (Fsp3) is 0.769. The topological polar surface area (TPSA) is 38.0 Å². The third-order valence-corrected chi connectivity index (χ3v) is 3.71. The number of aliphatic hydroxyl groups is 1. The minimum absolute atomic E-state index is 0.237. The molecule has 1 heterocycles. The Kier molecular flexibility index (Phi) is 2.82. The fourth-order valence-electron chi connectivity index (χ4n) is 2.85. The first kappa shape index (κ1) is 11.6. The lowest BCUT2D eigenvalue weighted by atomic mass is 9.68. The van der Waals surface area contributed by atoms with Crippen LogP contribution in [0.2, 0.25) is 0 Å². The highest BCUT2D eigenvalue weighted by Gasteiger charge is 2.40. The van der Waals surface area contributed by atoms with Crippen molar-refractivity contribution in [2.75, 3.05) is 0 Å². The summed E-state index contributed by atoms with van der Waals surface area (Å²) in [4.78, 5) is 0. The van der Waals surface area contributed by atoms with Crippen LogP contribution in [0.15, 0.2) is 12.4 Å². The Morgan fingerprint density at radius 1 is 1.44 bits per heavy atom. The molecule has 90 valence electrons. The monoisotopic (exact) mass is 222 g/mol. The molecule has 16 heavy (non-hydrogen) atoms. The van der Waals surface area contributed by atoms with Gasteiger partial charge in [-0.1, -0.05) is 13.8 Å². The van der Waals surface area contributed by atoms with Gasteiger partial charge in [-0.05, 0) is 38.0 Å². The normalized spacial score (nSPS) is 29.2. The van der Waals surface area contributed by atoms with E-state index in [0.29, 0.717) is 0 Å². The lowest BCUT2D eigenvalue weighted by Gasteiger charge is -2.41. The fourth-order valence-corrected chi connectivity index (χ4v) is 2.85. The molecule has 3 nitrogen and oxygen atoms in total. The van der Waals surface area contributed by atoms with Crippen LogP contribution in [0, 0.1) is 5.41 Å². The third kappa shape index (κ3) is 2.14. The maximum absolute atomic E-state index is 10.7. The molecule has 1 aliphatic rings. The third-order valence-electron chi connectivity index (χ3n) is 3.71. The summed E-state index contributed by atoms with van der Waals surface area (Å²) in [5, 5.41) is 15.0. The van der Waals surface area contributed by atoms with Gasteiger partial charge in [-0.3, -0.25) is 4.68 Å². The van der Waals surface area contributed by atoms with Crippen molar-refractivity contribution in [2.45, 2.75) is 58.6 Å². The Balaban J connectivity index is 2.24. The molecule has 1 unspecified atom stereocenters. The summed E-state index contributed by atoms with van der Waals surface area (Å²) >= 11 is 0. The van der Waals surface area contributed by atoms with Gasteiger partial charge in [0.05, 0.1) is 11.8 Å². The Morgan fingerprint density at radius 2 is 2.19 bits per heavy atom. The van der Waals surface area contributed by atoms with Gasteiger partial charge in [-0.15, -0.1) is 0 Å². The first-order chi connectivity index (χ1) is 7.45. The van der Waals surface area contributed by atoms with Crippen LogP contribution in [0.4, 0.5) is 0 Å².